The van der Waals surface area contributed by atoms with Crippen molar-refractivity contribution in [1.82, 2.24) is 4.98 Å². The minimum atomic E-state index is -0.0170. The molecule has 3 aromatic rings. The Labute approximate surface area is 159 Å². The van der Waals surface area contributed by atoms with Crippen LogP contribution in [0.5, 0.6) is 0 Å². The maximum atomic E-state index is 12.3. The fourth-order valence-electron chi connectivity index (χ4n) is 2.89. The van der Waals surface area contributed by atoms with Gasteiger partial charge in [0.1, 0.15) is 0 Å². The van der Waals surface area contributed by atoms with Crippen LogP contribution in [0.2, 0.25) is 0 Å². The molecule has 2 aromatic carbocycles. The Kier molecular flexibility index (Phi) is 5.62. The second-order valence-corrected chi connectivity index (χ2v) is 7.86. The van der Waals surface area contributed by atoms with Crippen molar-refractivity contribution >= 4 is 34.3 Å². The van der Waals surface area contributed by atoms with Crippen molar-refractivity contribution in [1.29, 1.82) is 0 Å². The summed E-state index contributed by atoms with van der Waals surface area (Å²) in [7, 11) is 0. The number of rotatable bonds is 5. The maximum Gasteiger partial charge on any atom is 0.234 e. The highest BCUT2D eigenvalue weighted by atomic mass is 32.2. The summed E-state index contributed by atoms with van der Waals surface area (Å²) in [6.07, 6.45) is 0. The first-order valence-electron chi connectivity index (χ1n) is 8.83. The average molecular weight is 365 g/mol. The second-order valence-electron chi connectivity index (χ2n) is 6.86. The summed E-state index contributed by atoms with van der Waals surface area (Å²) >= 11 is 1.47. The molecule has 1 heterocycles. The van der Waals surface area contributed by atoms with E-state index < -0.39 is 0 Å². The summed E-state index contributed by atoms with van der Waals surface area (Å²) in [5.74, 6) is 0.813. The van der Waals surface area contributed by atoms with Crippen LogP contribution in [-0.4, -0.2) is 16.6 Å². The van der Waals surface area contributed by atoms with Crippen molar-refractivity contribution in [3.63, 3.8) is 0 Å². The molecule has 3 rings (SSSR count). The van der Waals surface area contributed by atoms with Crippen molar-refractivity contribution in [3.8, 4) is 0 Å². The fraction of sp³-hybridized carbons (Fsp3) is 0.273. The molecule has 1 amide bonds. The zero-order valence-corrected chi connectivity index (χ0v) is 16.5. The summed E-state index contributed by atoms with van der Waals surface area (Å²) in [5, 5.41) is 5.01. The van der Waals surface area contributed by atoms with E-state index in [9.17, 15) is 4.79 Å². The number of amides is 1. The minimum absolute atomic E-state index is 0.0170. The standard InChI is InChI=1S/C22H24N2OS/c1-14(2)17-8-10-18(11-9-17)23-20(25)13-26-21-12-16(4)19-7-5-6-15(3)22(19)24-21/h5-12,14H,13H2,1-4H3,(H,23,25). The lowest BCUT2D eigenvalue weighted by molar-refractivity contribution is -0.113. The molecule has 1 aromatic heterocycles. The van der Waals surface area contributed by atoms with Gasteiger partial charge in [0.05, 0.1) is 16.3 Å². The van der Waals surface area contributed by atoms with Crippen LogP contribution in [-0.2, 0) is 4.79 Å². The van der Waals surface area contributed by atoms with E-state index in [0.717, 1.165) is 21.8 Å². The lowest BCUT2D eigenvalue weighted by Crippen LogP contribution is -2.14. The van der Waals surface area contributed by atoms with E-state index in [1.165, 1.54) is 28.3 Å². The first-order valence-corrected chi connectivity index (χ1v) is 9.82. The molecule has 0 radical (unpaired) electrons. The van der Waals surface area contributed by atoms with Crippen molar-refractivity contribution in [2.75, 3.05) is 11.1 Å². The van der Waals surface area contributed by atoms with E-state index in [4.69, 9.17) is 4.98 Å². The predicted molar refractivity (Wildman–Crippen MR) is 111 cm³/mol. The molecule has 0 bridgehead atoms. The van der Waals surface area contributed by atoms with E-state index in [-0.39, 0.29) is 5.91 Å². The van der Waals surface area contributed by atoms with E-state index in [1.807, 2.05) is 12.1 Å². The monoisotopic (exact) mass is 364 g/mol. The van der Waals surface area contributed by atoms with Crippen LogP contribution in [0.1, 0.15) is 36.5 Å². The fourth-order valence-corrected chi connectivity index (χ4v) is 3.66. The first kappa shape index (κ1) is 18.5. The van der Waals surface area contributed by atoms with Crippen molar-refractivity contribution < 1.29 is 4.79 Å². The molecule has 0 saturated heterocycles. The molecule has 1 N–H and O–H groups in total. The summed E-state index contributed by atoms with van der Waals surface area (Å²) in [6.45, 7) is 8.47. The van der Waals surface area contributed by atoms with Gasteiger partial charge >= 0.3 is 0 Å². The highest BCUT2D eigenvalue weighted by Gasteiger charge is 2.09. The van der Waals surface area contributed by atoms with E-state index in [2.05, 4.69) is 69.4 Å². The smallest absolute Gasteiger partial charge is 0.234 e. The summed E-state index contributed by atoms with van der Waals surface area (Å²) in [6, 6.07) is 16.3. The number of nitrogens with one attached hydrogen (secondary N) is 1. The summed E-state index contributed by atoms with van der Waals surface area (Å²) in [5.41, 5.74) is 5.45. The average Bonchev–Trinajstić information content (AvgIpc) is 2.61. The Morgan fingerprint density at radius 2 is 1.81 bits per heavy atom. The Hall–Kier alpha value is -2.33. The van der Waals surface area contributed by atoms with Gasteiger partial charge in [-0.3, -0.25) is 4.79 Å². The summed E-state index contributed by atoms with van der Waals surface area (Å²) < 4.78 is 0. The lowest BCUT2D eigenvalue weighted by atomic mass is 10.0. The van der Waals surface area contributed by atoms with Crippen molar-refractivity contribution in [2.45, 2.75) is 38.6 Å². The van der Waals surface area contributed by atoms with Gasteiger partial charge in [0, 0.05) is 11.1 Å². The number of aromatic nitrogens is 1. The highest BCUT2D eigenvalue weighted by Crippen LogP contribution is 2.26. The van der Waals surface area contributed by atoms with Crippen LogP contribution >= 0.6 is 11.8 Å². The number of carbonyl (C=O) groups excluding carboxylic acids is 1. The topological polar surface area (TPSA) is 42.0 Å². The Morgan fingerprint density at radius 3 is 2.50 bits per heavy atom. The highest BCUT2D eigenvalue weighted by molar-refractivity contribution is 7.99. The van der Waals surface area contributed by atoms with Gasteiger partial charge < -0.3 is 5.32 Å². The molecular weight excluding hydrogens is 340 g/mol. The first-order chi connectivity index (χ1) is 12.4. The Morgan fingerprint density at radius 1 is 1.08 bits per heavy atom. The third-order valence-electron chi connectivity index (χ3n) is 4.44. The molecule has 0 spiro atoms. The molecule has 0 aliphatic heterocycles. The minimum Gasteiger partial charge on any atom is -0.325 e. The van der Waals surface area contributed by atoms with Gasteiger partial charge in [0.2, 0.25) is 5.91 Å². The van der Waals surface area contributed by atoms with E-state index >= 15 is 0 Å². The number of thioether (sulfide) groups is 1. The molecular formula is C22H24N2OS. The van der Waals surface area contributed by atoms with Crippen LogP contribution in [0.3, 0.4) is 0 Å². The van der Waals surface area contributed by atoms with Gasteiger partial charge in [-0.05, 0) is 54.7 Å². The van der Waals surface area contributed by atoms with Gasteiger partial charge in [-0.1, -0.05) is 55.9 Å². The molecule has 0 aliphatic rings. The molecule has 0 atom stereocenters. The van der Waals surface area contributed by atoms with Crippen molar-refractivity contribution in [2.24, 2.45) is 0 Å². The molecule has 0 aliphatic carbocycles. The quantitative estimate of drug-likeness (QED) is 0.590. The number of aryl methyl sites for hydroxylation is 2. The van der Waals surface area contributed by atoms with Crippen LogP contribution in [0.15, 0.2) is 53.6 Å². The molecule has 0 fully saturated rings. The SMILES string of the molecule is Cc1cc(SCC(=O)Nc2ccc(C(C)C)cc2)nc2c(C)cccc12. The Bertz CT molecular complexity index is 933. The van der Waals surface area contributed by atoms with Crippen LogP contribution in [0.4, 0.5) is 5.69 Å². The molecule has 26 heavy (non-hydrogen) atoms. The lowest BCUT2D eigenvalue weighted by Gasteiger charge is -2.10. The van der Waals surface area contributed by atoms with Gasteiger partial charge in [-0.15, -0.1) is 0 Å². The predicted octanol–water partition coefficient (Wildman–Crippen LogP) is 5.71. The number of para-hydroxylation sites is 1. The maximum absolute atomic E-state index is 12.3. The van der Waals surface area contributed by atoms with Gasteiger partial charge in [0.15, 0.2) is 0 Å². The largest absolute Gasteiger partial charge is 0.325 e. The number of anilines is 1. The number of nitrogens with zero attached hydrogens (tertiary/aromatic N) is 1. The zero-order valence-electron chi connectivity index (χ0n) is 15.7. The number of fused-ring (bicyclic) bond motifs is 1. The van der Waals surface area contributed by atoms with E-state index in [1.54, 1.807) is 0 Å². The van der Waals surface area contributed by atoms with Gasteiger partial charge in [0.25, 0.3) is 0 Å². The zero-order chi connectivity index (χ0) is 18.7. The van der Waals surface area contributed by atoms with Gasteiger partial charge in [-0.2, -0.15) is 0 Å². The molecule has 3 nitrogen and oxygen atoms in total. The number of carbonyl (C=O) groups is 1. The molecule has 4 heteroatoms. The van der Waals surface area contributed by atoms with Crippen LogP contribution in [0.25, 0.3) is 10.9 Å². The third-order valence-corrected chi connectivity index (χ3v) is 5.35. The van der Waals surface area contributed by atoms with Crippen molar-refractivity contribution in [3.05, 3.63) is 65.2 Å². The molecule has 134 valence electrons. The number of benzene rings is 2. The number of pyridine rings is 1. The van der Waals surface area contributed by atoms with Crippen LogP contribution in [0, 0.1) is 13.8 Å². The number of hydrogen-bond acceptors (Lipinski definition) is 3. The Balaban J connectivity index is 1.66. The summed E-state index contributed by atoms with van der Waals surface area (Å²) in [4.78, 5) is 17.0. The number of hydrogen-bond donors (Lipinski definition) is 1. The molecule has 0 saturated carbocycles. The third kappa shape index (κ3) is 4.25. The van der Waals surface area contributed by atoms with Crippen LogP contribution < -0.4 is 5.32 Å². The normalized spacial score (nSPS) is 11.1. The van der Waals surface area contributed by atoms with Gasteiger partial charge in [-0.25, -0.2) is 4.98 Å². The molecule has 0 unspecified atom stereocenters. The second kappa shape index (κ2) is 7.92. The van der Waals surface area contributed by atoms with E-state index in [0.29, 0.717) is 11.7 Å².